The maximum absolute atomic E-state index is 10.3. The highest BCUT2D eigenvalue weighted by molar-refractivity contribution is 14.0. The fourth-order valence-corrected chi connectivity index (χ4v) is 1.74. The SMILES string of the molecule is CCNC(=NCC(C)(O)c1ccco1)NC(C)COC.I. The van der Waals surface area contributed by atoms with Gasteiger partial charge in [-0.3, -0.25) is 0 Å². The summed E-state index contributed by atoms with van der Waals surface area (Å²) in [5.41, 5.74) is -1.13. The van der Waals surface area contributed by atoms with Crippen LogP contribution in [0, 0.1) is 0 Å². The van der Waals surface area contributed by atoms with Gasteiger partial charge in [0.05, 0.1) is 19.4 Å². The molecular formula is C14H26IN3O3. The highest BCUT2D eigenvalue weighted by Crippen LogP contribution is 2.20. The van der Waals surface area contributed by atoms with E-state index >= 15 is 0 Å². The van der Waals surface area contributed by atoms with E-state index in [4.69, 9.17) is 9.15 Å². The molecule has 7 heteroatoms. The van der Waals surface area contributed by atoms with E-state index in [1.807, 2.05) is 13.8 Å². The van der Waals surface area contributed by atoms with Gasteiger partial charge in [0.1, 0.15) is 11.4 Å². The molecule has 0 aromatic carbocycles. The quantitative estimate of drug-likeness (QED) is 0.362. The number of guanidine groups is 1. The van der Waals surface area contributed by atoms with Gasteiger partial charge in [0, 0.05) is 19.7 Å². The van der Waals surface area contributed by atoms with Crippen LogP contribution < -0.4 is 10.6 Å². The van der Waals surface area contributed by atoms with E-state index in [1.165, 1.54) is 6.26 Å². The van der Waals surface area contributed by atoms with Crippen molar-refractivity contribution in [3.05, 3.63) is 24.2 Å². The molecule has 0 spiro atoms. The van der Waals surface area contributed by atoms with Crippen molar-refractivity contribution in [1.82, 2.24) is 10.6 Å². The van der Waals surface area contributed by atoms with Crippen molar-refractivity contribution >= 4 is 29.9 Å². The number of rotatable bonds is 7. The molecule has 0 bridgehead atoms. The van der Waals surface area contributed by atoms with E-state index in [-0.39, 0.29) is 36.6 Å². The summed E-state index contributed by atoms with van der Waals surface area (Å²) < 4.78 is 10.3. The average Bonchev–Trinajstić information content (AvgIpc) is 2.91. The molecule has 122 valence electrons. The molecule has 2 atom stereocenters. The number of aliphatic hydroxyl groups is 1. The lowest BCUT2D eigenvalue weighted by Crippen LogP contribution is -2.44. The summed E-state index contributed by atoms with van der Waals surface area (Å²) in [6, 6.07) is 3.62. The van der Waals surface area contributed by atoms with Gasteiger partial charge < -0.3 is 24.9 Å². The molecule has 1 heterocycles. The first-order valence-corrected chi connectivity index (χ1v) is 6.79. The van der Waals surface area contributed by atoms with Crippen molar-refractivity contribution in [2.45, 2.75) is 32.4 Å². The van der Waals surface area contributed by atoms with Gasteiger partial charge in [-0.25, -0.2) is 4.99 Å². The van der Waals surface area contributed by atoms with Crippen LogP contribution in [0.5, 0.6) is 0 Å². The van der Waals surface area contributed by atoms with Crippen LogP contribution in [0.15, 0.2) is 27.8 Å². The van der Waals surface area contributed by atoms with Crippen molar-refractivity contribution in [2.24, 2.45) is 4.99 Å². The lowest BCUT2D eigenvalue weighted by atomic mass is 10.0. The molecule has 1 aromatic rings. The first-order chi connectivity index (χ1) is 9.49. The Morgan fingerprint density at radius 1 is 1.57 bits per heavy atom. The molecule has 0 amide bonds. The molecule has 0 aliphatic carbocycles. The zero-order valence-corrected chi connectivity index (χ0v) is 15.4. The van der Waals surface area contributed by atoms with Crippen molar-refractivity contribution in [2.75, 3.05) is 26.8 Å². The number of hydrogen-bond acceptors (Lipinski definition) is 4. The number of halogens is 1. The lowest BCUT2D eigenvalue weighted by Gasteiger charge is -2.21. The Morgan fingerprint density at radius 2 is 2.29 bits per heavy atom. The van der Waals surface area contributed by atoms with Crippen LogP contribution in [0.2, 0.25) is 0 Å². The molecule has 6 nitrogen and oxygen atoms in total. The molecule has 0 radical (unpaired) electrons. The number of nitrogens with one attached hydrogen (secondary N) is 2. The second-order valence-corrected chi connectivity index (χ2v) is 4.95. The van der Waals surface area contributed by atoms with Crippen LogP contribution in [0.1, 0.15) is 26.5 Å². The molecule has 3 N–H and O–H groups in total. The Kier molecular flexibility index (Phi) is 9.63. The van der Waals surface area contributed by atoms with Gasteiger partial charge in [-0.1, -0.05) is 0 Å². The second-order valence-electron chi connectivity index (χ2n) is 4.95. The summed E-state index contributed by atoms with van der Waals surface area (Å²) >= 11 is 0. The predicted octanol–water partition coefficient (Wildman–Crippen LogP) is 1.70. The van der Waals surface area contributed by atoms with Gasteiger partial charge in [-0.05, 0) is 32.9 Å². The lowest BCUT2D eigenvalue weighted by molar-refractivity contribution is 0.0436. The van der Waals surface area contributed by atoms with E-state index in [0.717, 1.165) is 6.54 Å². The Hall–Kier alpha value is -0.800. The van der Waals surface area contributed by atoms with E-state index in [2.05, 4.69) is 15.6 Å². The smallest absolute Gasteiger partial charge is 0.191 e. The second kappa shape index (κ2) is 10.0. The molecule has 1 rings (SSSR count). The van der Waals surface area contributed by atoms with Gasteiger partial charge >= 0.3 is 0 Å². The monoisotopic (exact) mass is 411 g/mol. The molecule has 0 fully saturated rings. The highest BCUT2D eigenvalue weighted by atomic mass is 127. The number of furan rings is 1. The van der Waals surface area contributed by atoms with Crippen LogP contribution >= 0.6 is 24.0 Å². The highest BCUT2D eigenvalue weighted by Gasteiger charge is 2.26. The zero-order valence-electron chi connectivity index (χ0n) is 13.0. The summed E-state index contributed by atoms with van der Waals surface area (Å²) in [6.07, 6.45) is 1.54. The van der Waals surface area contributed by atoms with Crippen LogP contribution in [0.3, 0.4) is 0 Å². The van der Waals surface area contributed by atoms with Gasteiger partial charge in [0.2, 0.25) is 0 Å². The minimum absolute atomic E-state index is 0. The molecule has 2 unspecified atom stereocenters. The van der Waals surface area contributed by atoms with Gasteiger partial charge in [-0.15, -0.1) is 24.0 Å². The van der Waals surface area contributed by atoms with Gasteiger partial charge in [0.25, 0.3) is 0 Å². The summed E-state index contributed by atoms with van der Waals surface area (Å²) in [6.45, 7) is 7.20. The Bertz CT molecular complexity index is 408. The van der Waals surface area contributed by atoms with E-state index in [9.17, 15) is 5.11 Å². The molecule has 0 saturated carbocycles. The third kappa shape index (κ3) is 7.14. The van der Waals surface area contributed by atoms with Crippen LogP contribution in [0.4, 0.5) is 0 Å². The largest absolute Gasteiger partial charge is 0.466 e. The summed E-state index contributed by atoms with van der Waals surface area (Å²) in [5, 5.41) is 16.7. The van der Waals surface area contributed by atoms with Crippen molar-refractivity contribution in [3.8, 4) is 0 Å². The van der Waals surface area contributed by atoms with Crippen LogP contribution in [0.25, 0.3) is 0 Å². The first kappa shape index (κ1) is 20.2. The van der Waals surface area contributed by atoms with Crippen LogP contribution in [-0.4, -0.2) is 43.9 Å². The topological polar surface area (TPSA) is 79.0 Å². The Labute approximate surface area is 143 Å². The average molecular weight is 411 g/mol. The molecule has 0 aliphatic heterocycles. The van der Waals surface area contributed by atoms with Gasteiger partial charge in [0.15, 0.2) is 5.96 Å². The first-order valence-electron chi connectivity index (χ1n) is 6.79. The molecule has 0 saturated heterocycles. The standard InChI is InChI=1S/C14H25N3O3.HI/c1-5-15-13(17-11(2)9-19-4)16-10-14(3,18)12-7-6-8-20-12;/h6-8,11,18H,5,9-10H2,1-4H3,(H2,15,16,17);1H. The molecular weight excluding hydrogens is 385 g/mol. The predicted molar refractivity (Wildman–Crippen MR) is 94.1 cm³/mol. The maximum atomic E-state index is 10.3. The number of hydrogen-bond donors (Lipinski definition) is 3. The van der Waals surface area contributed by atoms with Crippen molar-refractivity contribution in [3.63, 3.8) is 0 Å². The minimum Gasteiger partial charge on any atom is -0.466 e. The number of ether oxygens (including phenoxy) is 1. The number of nitrogens with zero attached hydrogens (tertiary/aromatic N) is 1. The summed E-state index contributed by atoms with van der Waals surface area (Å²) in [4.78, 5) is 4.39. The molecule has 0 aliphatic rings. The van der Waals surface area contributed by atoms with E-state index in [1.54, 1.807) is 26.2 Å². The Morgan fingerprint density at radius 3 is 2.81 bits per heavy atom. The van der Waals surface area contributed by atoms with Crippen molar-refractivity contribution < 1.29 is 14.3 Å². The number of aliphatic imine (C=N–C) groups is 1. The fraction of sp³-hybridized carbons (Fsp3) is 0.643. The third-order valence-corrected chi connectivity index (χ3v) is 2.74. The fourth-order valence-electron chi connectivity index (χ4n) is 1.74. The van der Waals surface area contributed by atoms with E-state index in [0.29, 0.717) is 18.3 Å². The minimum atomic E-state index is -1.13. The summed E-state index contributed by atoms with van der Waals surface area (Å²) in [5.74, 6) is 1.14. The normalized spacial score (nSPS) is 15.8. The van der Waals surface area contributed by atoms with Gasteiger partial charge in [-0.2, -0.15) is 0 Å². The zero-order chi connectivity index (χ0) is 15.0. The number of methoxy groups -OCH3 is 1. The third-order valence-electron chi connectivity index (χ3n) is 2.74. The Balaban J connectivity index is 0.00000400. The summed E-state index contributed by atoms with van der Waals surface area (Å²) in [7, 11) is 1.66. The molecule has 1 aromatic heterocycles. The molecule has 21 heavy (non-hydrogen) atoms. The van der Waals surface area contributed by atoms with Crippen molar-refractivity contribution in [1.29, 1.82) is 0 Å². The van der Waals surface area contributed by atoms with Crippen LogP contribution in [-0.2, 0) is 10.3 Å². The van der Waals surface area contributed by atoms with E-state index < -0.39 is 5.60 Å². The maximum Gasteiger partial charge on any atom is 0.191 e.